The van der Waals surface area contributed by atoms with Crippen molar-refractivity contribution in [2.75, 3.05) is 13.2 Å². The molecule has 0 rings (SSSR count). The van der Waals surface area contributed by atoms with Gasteiger partial charge in [0, 0.05) is 19.3 Å². The summed E-state index contributed by atoms with van der Waals surface area (Å²) in [5, 5.41) is 0. The number of carbonyl (C=O) groups excluding carboxylic acids is 3. The number of allylic oxidation sites excluding steroid dienone is 22. The fraction of sp³-hybridized carbons (Fsp3) is 0.627. The molecule has 0 saturated carbocycles. The van der Waals surface area contributed by atoms with Crippen molar-refractivity contribution in [3.63, 3.8) is 0 Å². The highest BCUT2D eigenvalue weighted by Gasteiger charge is 2.19. The first-order valence-electron chi connectivity index (χ1n) is 29.7. The first-order chi connectivity index (χ1) is 36.0. The van der Waals surface area contributed by atoms with Gasteiger partial charge >= 0.3 is 17.9 Å². The largest absolute Gasteiger partial charge is 0.462 e. The lowest BCUT2D eigenvalue weighted by molar-refractivity contribution is -0.167. The van der Waals surface area contributed by atoms with Crippen LogP contribution >= 0.6 is 0 Å². The van der Waals surface area contributed by atoms with E-state index < -0.39 is 6.10 Å². The van der Waals surface area contributed by atoms with Gasteiger partial charge in [-0.1, -0.05) is 238 Å². The lowest BCUT2D eigenvalue weighted by Crippen LogP contribution is -2.30. The van der Waals surface area contributed by atoms with Crippen molar-refractivity contribution in [1.82, 2.24) is 0 Å². The van der Waals surface area contributed by atoms with E-state index in [4.69, 9.17) is 14.2 Å². The summed E-state index contributed by atoms with van der Waals surface area (Å²) in [6.45, 7) is 6.32. The molecule has 6 heteroatoms. The third-order valence-corrected chi connectivity index (χ3v) is 12.1. The van der Waals surface area contributed by atoms with Crippen molar-refractivity contribution in [2.45, 2.75) is 258 Å². The highest BCUT2D eigenvalue weighted by atomic mass is 16.6. The molecule has 0 aliphatic rings. The van der Waals surface area contributed by atoms with Crippen molar-refractivity contribution in [3.05, 3.63) is 134 Å². The molecule has 0 bridgehead atoms. The van der Waals surface area contributed by atoms with Gasteiger partial charge in [0.1, 0.15) is 13.2 Å². The number of rotatable bonds is 52. The molecule has 0 amide bonds. The van der Waals surface area contributed by atoms with Crippen molar-refractivity contribution in [3.8, 4) is 0 Å². The summed E-state index contributed by atoms with van der Waals surface area (Å²) in [6.07, 6.45) is 84.5. The minimum atomic E-state index is -0.821. The SMILES string of the molecule is CC/C=C\C/C=C\C/C=C\C/C=C\C/C=C\CCCC(=O)OC(COC(=O)CCCCCCC/C=C\C/C=C\CCCCC)COC(=O)CCCCCCCCCCCC/C=C\C/C=C\C/C=C\C/C=C\CC. The van der Waals surface area contributed by atoms with Crippen LogP contribution in [-0.2, 0) is 28.6 Å². The Balaban J connectivity index is 4.47. The maximum absolute atomic E-state index is 12.9. The van der Waals surface area contributed by atoms with Gasteiger partial charge in [0.2, 0.25) is 0 Å². The molecule has 73 heavy (non-hydrogen) atoms. The molecule has 0 aromatic carbocycles. The van der Waals surface area contributed by atoms with E-state index >= 15 is 0 Å². The molecular formula is C67H108O6. The Labute approximate surface area is 449 Å². The quantitative estimate of drug-likeness (QED) is 0.0261. The number of carbonyl (C=O) groups is 3. The van der Waals surface area contributed by atoms with Gasteiger partial charge in [-0.05, 0) is 128 Å². The van der Waals surface area contributed by atoms with Crippen LogP contribution in [0.25, 0.3) is 0 Å². The number of ether oxygens (including phenoxy) is 3. The van der Waals surface area contributed by atoms with Crippen molar-refractivity contribution >= 4 is 17.9 Å². The van der Waals surface area contributed by atoms with Gasteiger partial charge in [-0.15, -0.1) is 0 Å². The third-order valence-electron chi connectivity index (χ3n) is 12.1. The summed E-state index contributed by atoms with van der Waals surface area (Å²) < 4.78 is 16.8. The topological polar surface area (TPSA) is 78.9 Å². The van der Waals surface area contributed by atoms with Crippen LogP contribution < -0.4 is 0 Å². The van der Waals surface area contributed by atoms with Crippen LogP contribution in [-0.4, -0.2) is 37.2 Å². The summed E-state index contributed by atoms with van der Waals surface area (Å²) in [7, 11) is 0. The van der Waals surface area contributed by atoms with Crippen LogP contribution in [0.4, 0.5) is 0 Å². The normalized spacial score (nSPS) is 13.1. The predicted molar refractivity (Wildman–Crippen MR) is 316 cm³/mol. The Morgan fingerprint density at radius 2 is 0.548 bits per heavy atom. The van der Waals surface area contributed by atoms with Crippen molar-refractivity contribution in [1.29, 1.82) is 0 Å². The molecule has 1 unspecified atom stereocenters. The van der Waals surface area contributed by atoms with Crippen LogP contribution in [0.3, 0.4) is 0 Å². The Morgan fingerprint density at radius 3 is 0.877 bits per heavy atom. The zero-order chi connectivity index (χ0) is 52.9. The first-order valence-corrected chi connectivity index (χ1v) is 29.7. The maximum Gasteiger partial charge on any atom is 0.306 e. The summed E-state index contributed by atoms with van der Waals surface area (Å²) in [5.74, 6) is -0.990. The molecule has 0 fully saturated rings. The fourth-order valence-corrected chi connectivity index (χ4v) is 7.73. The van der Waals surface area contributed by atoms with Gasteiger partial charge in [0.25, 0.3) is 0 Å². The molecule has 0 saturated heterocycles. The highest BCUT2D eigenvalue weighted by Crippen LogP contribution is 2.14. The molecule has 0 heterocycles. The van der Waals surface area contributed by atoms with E-state index in [2.05, 4.69) is 154 Å². The van der Waals surface area contributed by atoms with E-state index in [0.29, 0.717) is 19.3 Å². The number of esters is 3. The first kappa shape index (κ1) is 68.6. The summed E-state index contributed by atoms with van der Waals surface area (Å²) in [4.78, 5) is 38.2. The Hall–Kier alpha value is -4.45. The molecule has 0 N–H and O–H groups in total. The highest BCUT2D eigenvalue weighted by molar-refractivity contribution is 5.71. The van der Waals surface area contributed by atoms with Gasteiger partial charge in [0.15, 0.2) is 6.10 Å². The van der Waals surface area contributed by atoms with Crippen LogP contribution in [0.1, 0.15) is 252 Å². The van der Waals surface area contributed by atoms with Crippen LogP contribution in [0, 0.1) is 0 Å². The fourth-order valence-electron chi connectivity index (χ4n) is 7.73. The van der Waals surface area contributed by atoms with Gasteiger partial charge in [-0.3, -0.25) is 14.4 Å². The number of unbranched alkanes of at least 4 members (excludes halogenated alkanes) is 19. The maximum atomic E-state index is 12.9. The Kier molecular flexibility index (Phi) is 56.4. The Bertz CT molecular complexity index is 1580. The van der Waals surface area contributed by atoms with E-state index in [1.54, 1.807) is 0 Å². The van der Waals surface area contributed by atoms with E-state index in [0.717, 1.165) is 128 Å². The summed E-state index contributed by atoms with van der Waals surface area (Å²) in [6, 6.07) is 0. The third kappa shape index (κ3) is 58.3. The standard InChI is InChI=1S/C67H108O6/c1-4-7-10-13-16-19-22-25-28-30-31-32-33-34-35-37-39-42-45-48-51-54-57-60-66(69)72-63-64(62-71-65(68)59-56-53-50-47-44-41-38-27-24-21-18-15-12-9-6-3)73-67(70)61-58-55-52-49-46-43-40-36-29-26-23-20-17-14-11-8-5-2/h7-8,10-11,16-21,25-29,31-32,38,40,43,49,52,64H,4-6,9,12-15,22-24,30,33-37,39,41-42,44-48,50-51,53-63H2,1-3H3/b10-7-,11-8-,19-16-,20-17-,21-18-,28-25-,29-26-,32-31-,38-27-,43-40-,52-49-. The zero-order valence-corrected chi connectivity index (χ0v) is 47.1. The second-order valence-electron chi connectivity index (χ2n) is 19.1. The number of hydrogen-bond donors (Lipinski definition) is 0. The van der Waals surface area contributed by atoms with Gasteiger partial charge < -0.3 is 14.2 Å². The van der Waals surface area contributed by atoms with E-state index in [1.807, 2.05) is 0 Å². The van der Waals surface area contributed by atoms with E-state index in [1.165, 1.54) is 77.0 Å². The minimum absolute atomic E-state index is 0.111. The molecule has 1 atom stereocenters. The molecule has 0 aliphatic carbocycles. The van der Waals surface area contributed by atoms with Crippen molar-refractivity contribution < 1.29 is 28.6 Å². The molecule has 0 aromatic heterocycles. The molecule has 0 aromatic rings. The van der Waals surface area contributed by atoms with Gasteiger partial charge in [-0.2, -0.15) is 0 Å². The van der Waals surface area contributed by atoms with Crippen molar-refractivity contribution in [2.24, 2.45) is 0 Å². The molecule has 412 valence electrons. The molecule has 0 aliphatic heterocycles. The van der Waals surface area contributed by atoms with Crippen LogP contribution in [0.5, 0.6) is 0 Å². The molecular weight excluding hydrogens is 901 g/mol. The van der Waals surface area contributed by atoms with Gasteiger partial charge in [-0.25, -0.2) is 0 Å². The summed E-state index contributed by atoms with van der Waals surface area (Å²) in [5.41, 5.74) is 0. The van der Waals surface area contributed by atoms with Gasteiger partial charge in [0.05, 0.1) is 0 Å². The minimum Gasteiger partial charge on any atom is -0.462 e. The van der Waals surface area contributed by atoms with Crippen LogP contribution in [0.2, 0.25) is 0 Å². The zero-order valence-electron chi connectivity index (χ0n) is 47.1. The average molecular weight is 1010 g/mol. The summed E-state index contributed by atoms with van der Waals surface area (Å²) >= 11 is 0. The van der Waals surface area contributed by atoms with E-state index in [9.17, 15) is 14.4 Å². The second kappa shape index (κ2) is 60.1. The molecule has 0 spiro atoms. The van der Waals surface area contributed by atoms with E-state index in [-0.39, 0.29) is 37.5 Å². The smallest absolute Gasteiger partial charge is 0.306 e. The lowest BCUT2D eigenvalue weighted by atomic mass is 10.1. The average Bonchev–Trinajstić information content (AvgIpc) is 3.39. The monoisotopic (exact) mass is 1010 g/mol. The Morgan fingerprint density at radius 1 is 0.288 bits per heavy atom. The number of hydrogen-bond acceptors (Lipinski definition) is 6. The predicted octanol–water partition coefficient (Wildman–Crippen LogP) is 20.2. The second-order valence-corrected chi connectivity index (χ2v) is 19.1. The lowest BCUT2D eigenvalue weighted by Gasteiger charge is -2.18. The molecule has 6 nitrogen and oxygen atoms in total. The molecule has 0 radical (unpaired) electrons. The van der Waals surface area contributed by atoms with Crippen LogP contribution in [0.15, 0.2) is 134 Å².